The van der Waals surface area contributed by atoms with Gasteiger partial charge in [-0.05, 0) is 53.3 Å². The Morgan fingerprint density at radius 3 is 2.78 bits per heavy atom. The average Bonchev–Trinajstić information content (AvgIpc) is 3.22. The highest BCUT2D eigenvalue weighted by Gasteiger charge is 2.20. The van der Waals surface area contributed by atoms with Crippen LogP contribution in [0.2, 0.25) is 0 Å². The number of halogens is 1. The summed E-state index contributed by atoms with van der Waals surface area (Å²) in [7, 11) is 1.85. The molecule has 2 aromatic heterocycles. The van der Waals surface area contributed by atoms with Gasteiger partial charge in [-0.15, -0.1) is 24.0 Å². The van der Waals surface area contributed by atoms with Crippen LogP contribution < -0.4 is 10.6 Å². The Bertz CT molecular complexity index is 669. The van der Waals surface area contributed by atoms with Crippen molar-refractivity contribution in [3.63, 3.8) is 0 Å². The predicted octanol–water partition coefficient (Wildman–Crippen LogP) is 3.69. The Labute approximate surface area is 183 Å². The number of aliphatic imine (C=N–C) groups is 1. The lowest BCUT2D eigenvalue weighted by atomic mass is 10.0. The summed E-state index contributed by atoms with van der Waals surface area (Å²) in [6.45, 7) is 6.28. The molecule has 5 nitrogen and oxygen atoms in total. The van der Waals surface area contributed by atoms with E-state index in [1.54, 1.807) is 11.3 Å². The van der Waals surface area contributed by atoms with Crippen LogP contribution in [0.3, 0.4) is 0 Å². The lowest BCUT2D eigenvalue weighted by Crippen LogP contribution is -2.49. The highest BCUT2D eigenvalue weighted by atomic mass is 127. The first kappa shape index (κ1) is 22.1. The van der Waals surface area contributed by atoms with Gasteiger partial charge in [-0.1, -0.05) is 13.0 Å². The number of aromatic nitrogens is 1. The maximum atomic E-state index is 4.43. The molecule has 148 valence electrons. The summed E-state index contributed by atoms with van der Waals surface area (Å²) in [6.07, 6.45) is 4.14. The molecule has 1 aliphatic heterocycles. The summed E-state index contributed by atoms with van der Waals surface area (Å²) in [5.74, 6) is 1.40. The van der Waals surface area contributed by atoms with Crippen LogP contribution in [0.15, 0.2) is 46.2 Å². The van der Waals surface area contributed by atoms with Crippen molar-refractivity contribution < 1.29 is 0 Å². The molecule has 2 aromatic rings. The maximum absolute atomic E-state index is 4.43. The van der Waals surface area contributed by atoms with Crippen molar-refractivity contribution in [2.75, 3.05) is 26.7 Å². The van der Waals surface area contributed by atoms with Gasteiger partial charge in [-0.2, -0.15) is 11.3 Å². The number of rotatable bonds is 6. The van der Waals surface area contributed by atoms with Gasteiger partial charge in [-0.25, -0.2) is 0 Å². The van der Waals surface area contributed by atoms with Gasteiger partial charge < -0.3 is 10.6 Å². The fourth-order valence-electron chi connectivity index (χ4n) is 3.27. The molecule has 0 amide bonds. The number of likely N-dealkylation sites (tertiary alicyclic amines) is 1. The summed E-state index contributed by atoms with van der Waals surface area (Å²) < 4.78 is 0. The normalized spacial score (nSPS) is 17.2. The molecule has 7 heteroatoms. The monoisotopic (exact) mass is 499 g/mol. The molecule has 1 atom stereocenters. The second-order valence-electron chi connectivity index (χ2n) is 6.93. The number of thiophene rings is 1. The highest BCUT2D eigenvalue weighted by molar-refractivity contribution is 14.0. The summed E-state index contributed by atoms with van der Waals surface area (Å²) in [5.41, 5.74) is 2.54. The molecule has 0 saturated carbocycles. The fourth-order valence-corrected chi connectivity index (χ4v) is 4.05. The minimum atomic E-state index is 0. The van der Waals surface area contributed by atoms with Gasteiger partial charge in [0.15, 0.2) is 5.96 Å². The van der Waals surface area contributed by atoms with E-state index in [1.165, 1.54) is 5.56 Å². The Morgan fingerprint density at radius 1 is 1.33 bits per heavy atom. The second kappa shape index (κ2) is 11.6. The summed E-state index contributed by atoms with van der Waals surface area (Å²) in [4.78, 5) is 11.3. The van der Waals surface area contributed by atoms with E-state index >= 15 is 0 Å². The number of pyridine rings is 1. The van der Waals surface area contributed by atoms with Crippen molar-refractivity contribution in [1.82, 2.24) is 20.5 Å². The molecule has 0 bridgehead atoms. The molecular weight excluding hydrogens is 469 g/mol. The van der Waals surface area contributed by atoms with Crippen molar-refractivity contribution in [3.05, 3.63) is 52.5 Å². The molecule has 3 rings (SSSR count). The van der Waals surface area contributed by atoms with Gasteiger partial charge in [0.25, 0.3) is 0 Å². The van der Waals surface area contributed by atoms with E-state index in [1.807, 2.05) is 19.3 Å². The number of guanidine groups is 1. The van der Waals surface area contributed by atoms with Crippen LogP contribution in [-0.2, 0) is 6.54 Å². The molecule has 0 spiro atoms. The zero-order chi connectivity index (χ0) is 18.2. The van der Waals surface area contributed by atoms with Crippen molar-refractivity contribution in [1.29, 1.82) is 0 Å². The molecule has 0 aliphatic carbocycles. The van der Waals surface area contributed by atoms with Gasteiger partial charge in [0.2, 0.25) is 0 Å². The maximum Gasteiger partial charge on any atom is 0.191 e. The van der Waals surface area contributed by atoms with Gasteiger partial charge >= 0.3 is 0 Å². The van der Waals surface area contributed by atoms with Crippen LogP contribution in [-0.4, -0.2) is 48.6 Å². The predicted molar refractivity (Wildman–Crippen MR) is 125 cm³/mol. The smallest absolute Gasteiger partial charge is 0.191 e. The van der Waals surface area contributed by atoms with E-state index in [2.05, 4.69) is 61.4 Å². The van der Waals surface area contributed by atoms with Crippen molar-refractivity contribution in [3.8, 4) is 0 Å². The summed E-state index contributed by atoms with van der Waals surface area (Å²) in [5, 5.41) is 11.4. The molecule has 1 unspecified atom stereocenters. The first-order chi connectivity index (χ1) is 12.7. The quantitative estimate of drug-likeness (QED) is 0.362. The van der Waals surface area contributed by atoms with Crippen LogP contribution in [0.5, 0.6) is 0 Å². The first-order valence-electron chi connectivity index (χ1n) is 9.36. The number of hydrogen-bond donors (Lipinski definition) is 2. The zero-order valence-corrected chi connectivity index (χ0v) is 19.2. The van der Waals surface area contributed by atoms with E-state index in [0.717, 1.165) is 50.7 Å². The van der Waals surface area contributed by atoms with Crippen LogP contribution in [0.1, 0.15) is 36.9 Å². The molecule has 0 aromatic carbocycles. The third kappa shape index (κ3) is 7.04. The Morgan fingerprint density at radius 2 is 2.15 bits per heavy atom. The van der Waals surface area contributed by atoms with Crippen molar-refractivity contribution >= 4 is 41.3 Å². The molecule has 1 fully saturated rings. The van der Waals surface area contributed by atoms with Gasteiger partial charge in [-0.3, -0.25) is 14.9 Å². The van der Waals surface area contributed by atoms with E-state index in [4.69, 9.17) is 0 Å². The molecular formula is C20H30IN5S. The Hall–Kier alpha value is -1.19. The minimum absolute atomic E-state index is 0. The van der Waals surface area contributed by atoms with E-state index in [-0.39, 0.29) is 24.0 Å². The van der Waals surface area contributed by atoms with Crippen LogP contribution in [0.4, 0.5) is 0 Å². The lowest BCUT2D eigenvalue weighted by Gasteiger charge is -2.33. The third-order valence-electron chi connectivity index (χ3n) is 4.95. The molecule has 27 heavy (non-hydrogen) atoms. The number of hydrogen-bond acceptors (Lipinski definition) is 4. The average molecular weight is 499 g/mol. The van der Waals surface area contributed by atoms with Gasteiger partial charge in [0, 0.05) is 45.5 Å². The van der Waals surface area contributed by atoms with E-state index in [9.17, 15) is 0 Å². The van der Waals surface area contributed by atoms with Crippen molar-refractivity contribution in [2.45, 2.75) is 38.3 Å². The lowest BCUT2D eigenvalue weighted by molar-refractivity contribution is 0.196. The fraction of sp³-hybridized carbons (Fsp3) is 0.500. The topological polar surface area (TPSA) is 52.6 Å². The largest absolute Gasteiger partial charge is 0.356 e. The van der Waals surface area contributed by atoms with Gasteiger partial charge in [0.1, 0.15) is 0 Å². The molecule has 0 radical (unpaired) electrons. The molecule has 1 saturated heterocycles. The SMILES string of the molecule is CN=C(NCC(C)c1ccsc1)NC1CCN(Cc2ccccn2)CC1.I. The van der Waals surface area contributed by atoms with E-state index < -0.39 is 0 Å². The van der Waals surface area contributed by atoms with Crippen LogP contribution in [0.25, 0.3) is 0 Å². The molecule has 2 N–H and O–H groups in total. The standard InChI is InChI=1S/C20H29N5S.HI/c1-16(17-8-12-26-15-17)13-23-20(21-2)24-18-6-10-25(11-7-18)14-19-5-3-4-9-22-19;/h3-5,8-9,12,15-16,18H,6-7,10-11,13-14H2,1-2H3,(H2,21,23,24);1H. The van der Waals surface area contributed by atoms with Crippen molar-refractivity contribution in [2.24, 2.45) is 4.99 Å². The molecule has 1 aliphatic rings. The van der Waals surface area contributed by atoms with Crippen LogP contribution in [0, 0.1) is 0 Å². The van der Waals surface area contributed by atoms with Crippen LogP contribution >= 0.6 is 35.3 Å². The van der Waals surface area contributed by atoms with E-state index in [0.29, 0.717) is 12.0 Å². The number of piperidine rings is 1. The number of nitrogens with zero attached hydrogens (tertiary/aromatic N) is 3. The minimum Gasteiger partial charge on any atom is -0.356 e. The van der Waals surface area contributed by atoms with Gasteiger partial charge in [0.05, 0.1) is 5.69 Å². The third-order valence-corrected chi connectivity index (χ3v) is 5.65. The zero-order valence-electron chi connectivity index (χ0n) is 16.1. The molecule has 3 heterocycles. The second-order valence-corrected chi connectivity index (χ2v) is 7.71. The Kier molecular flexibility index (Phi) is 9.50. The highest BCUT2D eigenvalue weighted by Crippen LogP contribution is 2.17. The number of nitrogens with one attached hydrogen (secondary N) is 2. The first-order valence-corrected chi connectivity index (χ1v) is 10.3. The summed E-state index contributed by atoms with van der Waals surface area (Å²) >= 11 is 1.75. The Balaban J connectivity index is 0.00000261. The summed E-state index contributed by atoms with van der Waals surface area (Å²) in [6, 6.07) is 8.81.